The molecule has 0 aromatic rings. The molecule has 12 heteroatoms. The second-order valence-corrected chi connectivity index (χ2v) is 6.01. The number of carboxylic acid groups (broad SMARTS) is 1. The van der Waals surface area contributed by atoms with Gasteiger partial charge >= 0.3 is 13.8 Å². The summed E-state index contributed by atoms with van der Waals surface area (Å²) < 4.78 is 25.4. The maximum absolute atomic E-state index is 11.4. The Labute approximate surface area is 131 Å². The SMILES string of the molecule is C=CCO[C@]1(C(=O)O)C[C@@H](O)[C@@H](OP(=O)(O)O)[C@@H]([C@H](O)CO)O1. The van der Waals surface area contributed by atoms with Crippen molar-refractivity contribution in [3.8, 4) is 0 Å². The van der Waals surface area contributed by atoms with Crippen LogP contribution in [-0.2, 0) is 23.4 Å². The number of phosphoric acid groups is 1. The van der Waals surface area contributed by atoms with Crippen molar-refractivity contribution >= 4 is 13.8 Å². The van der Waals surface area contributed by atoms with E-state index in [2.05, 4.69) is 11.1 Å². The lowest BCUT2D eigenvalue weighted by atomic mass is 9.92. The van der Waals surface area contributed by atoms with Gasteiger partial charge in [-0.25, -0.2) is 9.36 Å². The van der Waals surface area contributed by atoms with Crippen LogP contribution in [0.25, 0.3) is 0 Å². The molecule has 134 valence electrons. The largest absolute Gasteiger partial charge is 0.477 e. The van der Waals surface area contributed by atoms with E-state index in [9.17, 15) is 24.7 Å². The number of rotatable bonds is 8. The van der Waals surface area contributed by atoms with Gasteiger partial charge in [0.25, 0.3) is 5.79 Å². The van der Waals surface area contributed by atoms with Crippen molar-refractivity contribution in [3.05, 3.63) is 12.7 Å². The van der Waals surface area contributed by atoms with Gasteiger partial charge in [-0.15, -0.1) is 6.58 Å². The van der Waals surface area contributed by atoms with Crippen molar-refractivity contribution in [2.45, 2.75) is 36.6 Å². The van der Waals surface area contributed by atoms with Gasteiger partial charge in [-0.05, 0) is 0 Å². The first-order valence-corrected chi connectivity index (χ1v) is 7.96. The first-order chi connectivity index (χ1) is 10.6. The summed E-state index contributed by atoms with van der Waals surface area (Å²) in [5.41, 5.74) is 0. The fraction of sp³-hybridized carbons (Fsp3) is 0.727. The van der Waals surface area contributed by atoms with Crippen LogP contribution in [-0.4, -0.2) is 79.6 Å². The van der Waals surface area contributed by atoms with Gasteiger partial charge in [-0.2, -0.15) is 0 Å². The van der Waals surface area contributed by atoms with E-state index in [1.165, 1.54) is 6.08 Å². The summed E-state index contributed by atoms with van der Waals surface area (Å²) in [4.78, 5) is 29.2. The number of aliphatic carboxylic acids is 1. The van der Waals surface area contributed by atoms with Crippen molar-refractivity contribution in [1.82, 2.24) is 0 Å². The normalized spacial score (nSPS) is 33.2. The monoisotopic (exact) mass is 358 g/mol. The molecule has 0 aliphatic carbocycles. The molecule has 1 aliphatic heterocycles. The fourth-order valence-corrected chi connectivity index (χ4v) is 2.70. The maximum Gasteiger partial charge on any atom is 0.470 e. The first-order valence-electron chi connectivity index (χ1n) is 6.43. The third-order valence-electron chi connectivity index (χ3n) is 3.09. The molecule has 1 heterocycles. The molecule has 0 radical (unpaired) electrons. The van der Waals surface area contributed by atoms with Gasteiger partial charge in [0.15, 0.2) is 0 Å². The Hall–Kier alpha value is -0.880. The summed E-state index contributed by atoms with van der Waals surface area (Å²) in [6, 6.07) is 0. The van der Waals surface area contributed by atoms with E-state index in [-0.39, 0.29) is 6.61 Å². The number of aliphatic hydroxyl groups is 3. The van der Waals surface area contributed by atoms with Crippen LogP contribution >= 0.6 is 7.82 Å². The quantitative estimate of drug-likeness (QED) is 0.207. The molecule has 0 saturated carbocycles. The van der Waals surface area contributed by atoms with E-state index < -0.39 is 57.0 Å². The number of hydrogen-bond acceptors (Lipinski definition) is 8. The average molecular weight is 358 g/mol. The number of carboxylic acids is 1. The summed E-state index contributed by atoms with van der Waals surface area (Å²) >= 11 is 0. The summed E-state index contributed by atoms with van der Waals surface area (Å²) in [5.74, 6) is -4.04. The van der Waals surface area contributed by atoms with Crippen LogP contribution in [0.5, 0.6) is 0 Å². The fourth-order valence-electron chi connectivity index (χ4n) is 2.12. The van der Waals surface area contributed by atoms with E-state index in [0.717, 1.165) is 0 Å². The maximum atomic E-state index is 11.4. The Morgan fingerprint density at radius 3 is 2.57 bits per heavy atom. The first kappa shape index (κ1) is 20.2. The van der Waals surface area contributed by atoms with Crippen molar-refractivity contribution in [3.63, 3.8) is 0 Å². The van der Waals surface area contributed by atoms with Gasteiger partial charge in [0, 0.05) is 6.42 Å². The Balaban J connectivity index is 3.15. The van der Waals surface area contributed by atoms with Crippen molar-refractivity contribution in [2.75, 3.05) is 13.2 Å². The standard InChI is InChI=1S/C11H19O11P/c1-2-3-20-11(10(15)16)4-6(13)9(22-23(17,18)19)8(21-11)7(14)5-12/h2,6-9,12-14H,1,3-5H2,(H,15,16)(H2,17,18,19)/t6-,7-,8-,9-,11-/m1/s1. The molecule has 0 amide bonds. The molecule has 6 N–H and O–H groups in total. The van der Waals surface area contributed by atoms with Gasteiger partial charge in [0.2, 0.25) is 0 Å². The molecule has 0 aromatic heterocycles. The highest BCUT2D eigenvalue weighted by Gasteiger charge is 2.56. The van der Waals surface area contributed by atoms with Gasteiger partial charge in [-0.3, -0.25) is 4.52 Å². The van der Waals surface area contributed by atoms with Crippen molar-refractivity contribution < 1.29 is 53.6 Å². The third-order valence-corrected chi connectivity index (χ3v) is 3.61. The van der Waals surface area contributed by atoms with E-state index in [1.807, 2.05) is 0 Å². The third kappa shape index (κ3) is 5.05. The number of hydrogen-bond donors (Lipinski definition) is 6. The molecule has 1 aliphatic rings. The Morgan fingerprint density at radius 2 is 2.13 bits per heavy atom. The van der Waals surface area contributed by atoms with E-state index in [1.54, 1.807) is 0 Å². The van der Waals surface area contributed by atoms with E-state index >= 15 is 0 Å². The van der Waals surface area contributed by atoms with E-state index in [0.29, 0.717) is 0 Å². The molecule has 0 unspecified atom stereocenters. The highest BCUT2D eigenvalue weighted by atomic mass is 31.2. The predicted octanol–water partition coefficient (Wildman–Crippen LogP) is -2.05. The minimum atomic E-state index is -5.08. The molecule has 1 saturated heterocycles. The molecule has 1 rings (SSSR count). The summed E-state index contributed by atoms with van der Waals surface area (Å²) in [6.45, 7) is 2.13. The predicted molar refractivity (Wildman–Crippen MR) is 72.0 cm³/mol. The van der Waals surface area contributed by atoms with Gasteiger partial charge in [0.05, 0.1) is 19.3 Å². The molecule has 5 atom stereocenters. The average Bonchev–Trinajstić information content (AvgIpc) is 2.45. The Morgan fingerprint density at radius 1 is 1.52 bits per heavy atom. The van der Waals surface area contributed by atoms with Crippen LogP contribution in [0.15, 0.2) is 12.7 Å². The van der Waals surface area contributed by atoms with Crippen molar-refractivity contribution in [2.24, 2.45) is 0 Å². The second kappa shape index (κ2) is 7.79. The van der Waals surface area contributed by atoms with Crippen LogP contribution in [0.4, 0.5) is 0 Å². The van der Waals surface area contributed by atoms with Gasteiger partial charge in [0.1, 0.15) is 18.3 Å². The molecule has 11 nitrogen and oxygen atoms in total. The summed E-state index contributed by atoms with van der Waals surface area (Å²) in [6.07, 6.45) is -6.60. The molecule has 0 bridgehead atoms. The molecule has 23 heavy (non-hydrogen) atoms. The minimum Gasteiger partial charge on any atom is -0.477 e. The number of phosphoric ester groups is 1. The minimum absolute atomic E-state index is 0.273. The lowest BCUT2D eigenvalue weighted by Crippen LogP contribution is -2.63. The summed E-state index contributed by atoms with van der Waals surface area (Å²) in [7, 11) is -5.08. The van der Waals surface area contributed by atoms with Crippen LogP contribution in [0.3, 0.4) is 0 Å². The van der Waals surface area contributed by atoms with Gasteiger partial charge < -0.3 is 39.7 Å². The zero-order valence-corrected chi connectivity index (χ0v) is 12.8. The van der Waals surface area contributed by atoms with E-state index in [4.69, 9.17) is 24.4 Å². The van der Waals surface area contributed by atoms with Crippen LogP contribution in [0.2, 0.25) is 0 Å². The summed E-state index contributed by atoms with van der Waals surface area (Å²) in [5, 5.41) is 38.0. The Bertz CT molecular complexity index is 477. The van der Waals surface area contributed by atoms with Crippen molar-refractivity contribution in [1.29, 1.82) is 0 Å². The number of ether oxygens (including phenoxy) is 2. The van der Waals surface area contributed by atoms with Crippen LogP contribution < -0.4 is 0 Å². The molecular formula is C11H19O11P. The van der Waals surface area contributed by atoms with Crippen LogP contribution in [0, 0.1) is 0 Å². The molecular weight excluding hydrogens is 339 g/mol. The smallest absolute Gasteiger partial charge is 0.470 e. The van der Waals surface area contributed by atoms with Gasteiger partial charge in [-0.1, -0.05) is 6.08 Å². The lowest BCUT2D eigenvalue weighted by molar-refractivity contribution is -0.318. The van der Waals surface area contributed by atoms with Crippen LogP contribution in [0.1, 0.15) is 6.42 Å². The molecule has 1 fully saturated rings. The lowest BCUT2D eigenvalue weighted by Gasteiger charge is -2.45. The highest BCUT2D eigenvalue weighted by Crippen LogP contribution is 2.43. The topological polar surface area (TPSA) is 183 Å². The number of carbonyl (C=O) groups is 1. The number of aliphatic hydroxyl groups excluding tert-OH is 3. The second-order valence-electron chi connectivity index (χ2n) is 4.82. The Kier molecular flexibility index (Phi) is 6.83. The zero-order valence-electron chi connectivity index (χ0n) is 11.9. The zero-order chi connectivity index (χ0) is 17.8. The molecule has 0 aromatic carbocycles. The highest BCUT2D eigenvalue weighted by molar-refractivity contribution is 7.46. The molecule has 0 spiro atoms.